The standard InChI is InChI=1S/C11H21N5S2/c1-2-17-8-3-9-18-11-13-14-15-16(11)7-6-12-10-4-5-10/h10,12H,2-9H2,1H3. The molecule has 1 saturated carbocycles. The second-order valence-electron chi connectivity index (χ2n) is 4.31. The molecule has 1 aromatic heterocycles. The molecule has 1 aromatic rings. The third-order valence-corrected chi connectivity index (χ3v) is 4.73. The van der Waals surface area contributed by atoms with E-state index in [0.717, 1.165) is 30.0 Å². The van der Waals surface area contributed by atoms with Crippen molar-refractivity contribution in [1.29, 1.82) is 0 Å². The lowest BCUT2D eigenvalue weighted by molar-refractivity contribution is 0.509. The summed E-state index contributed by atoms with van der Waals surface area (Å²) in [6, 6.07) is 0.753. The van der Waals surface area contributed by atoms with Gasteiger partial charge in [-0.15, -0.1) is 5.10 Å². The van der Waals surface area contributed by atoms with E-state index >= 15 is 0 Å². The summed E-state index contributed by atoms with van der Waals surface area (Å²) in [7, 11) is 0. The van der Waals surface area contributed by atoms with Crippen molar-refractivity contribution in [2.75, 3.05) is 23.8 Å². The van der Waals surface area contributed by atoms with Crippen molar-refractivity contribution >= 4 is 23.5 Å². The Kier molecular flexibility index (Phi) is 6.30. The number of nitrogens with one attached hydrogen (secondary N) is 1. The molecule has 1 heterocycles. The van der Waals surface area contributed by atoms with Crippen LogP contribution < -0.4 is 5.32 Å². The SMILES string of the molecule is CCSCCCSc1nnnn1CCNC1CC1. The summed E-state index contributed by atoms with van der Waals surface area (Å²) in [5.74, 6) is 3.53. The minimum Gasteiger partial charge on any atom is -0.312 e. The summed E-state index contributed by atoms with van der Waals surface area (Å²) in [5, 5.41) is 16.3. The summed E-state index contributed by atoms with van der Waals surface area (Å²) in [4.78, 5) is 0. The highest BCUT2D eigenvalue weighted by Crippen LogP contribution is 2.19. The molecular weight excluding hydrogens is 266 g/mol. The minimum atomic E-state index is 0.753. The zero-order chi connectivity index (χ0) is 12.6. The highest BCUT2D eigenvalue weighted by Gasteiger charge is 2.19. The van der Waals surface area contributed by atoms with E-state index in [9.17, 15) is 0 Å². The molecule has 1 N–H and O–H groups in total. The number of rotatable bonds is 10. The zero-order valence-electron chi connectivity index (χ0n) is 10.8. The highest BCUT2D eigenvalue weighted by molar-refractivity contribution is 8.00. The first-order chi connectivity index (χ1) is 8.90. The van der Waals surface area contributed by atoms with Crippen molar-refractivity contribution in [2.24, 2.45) is 0 Å². The average molecular weight is 287 g/mol. The molecule has 0 amide bonds. The van der Waals surface area contributed by atoms with Crippen LogP contribution in [0, 0.1) is 0 Å². The van der Waals surface area contributed by atoms with Gasteiger partial charge in [-0.05, 0) is 41.2 Å². The second kappa shape index (κ2) is 8.01. The molecule has 0 radical (unpaired) electrons. The van der Waals surface area contributed by atoms with Gasteiger partial charge in [0.05, 0.1) is 6.54 Å². The van der Waals surface area contributed by atoms with Gasteiger partial charge in [0.1, 0.15) is 0 Å². The van der Waals surface area contributed by atoms with E-state index in [1.165, 1.54) is 30.8 Å². The molecule has 7 heteroatoms. The van der Waals surface area contributed by atoms with E-state index in [4.69, 9.17) is 0 Å². The maximum absolute atomic E-state index is 4.08. The molecule has 0 unspecified atom stereocenters. The molecule has 5 nitrogen and oxygen atoms in total. The topological polar surface area (TPSA) is 55.6 Å². The monoisotopic (exact) mass is 287 g/mol. The Balaban J connectivity index is 1.62. The fourth-order valence-corrected chi connectivity index (χ4v) is 3.23. The molecule has 0 aromatic carbocycles. The first-order valence-electron chi connectivity index (χ1n) is 6.60. The zero-order valence-corrected chi connectivity index (χ0v) is 12.5. The molecule has 1 aliphatic rings. The number of aromatic nitrogens is 4. The van der Waals surface area contributed by atoms with Crippen LogP contribution in [-0.4, -0.2) is 50.1 Å². The van der Waals surface area contributed by atoms with Gasteiger partial charge in [0.15, 0.2) is 0 Å². The van der Waals surface area contributed by atoms with Gasteiger partial charge in [0, 0.05) is 18.3 Å². The molecule has 0 saturated heterocycles. The molecule has 0 aliphatic heterocycles. The molecule has 18 heavy (non-hydrogen) atoms. The average Bonchev–Trinajstić information content (AvgIpc) is 3.09. The lowest BCUT2D eigenvalue weighted by Gasteiger charge is -2.05. The maximum atomic E-state index is 4.08. The van der Waals surface area contributed by atoms with Gasteiger partial charge >= 0.3 is 0 Å². The van der Waals surface area contributed by atoms with E-state index in [-0.39, 0.29) is 0 Å². The summed E-state index contributed by atoms with van der Waals surface area (Å²) in [6.07, 6.45) is 3.87. The Hall–Kier alpha value is -0.270. The smallest absolute Gasteiger partial charge is 0.209 e. The van der Waals surface area contributed by atoms with Crippen molar-refractivity contribution < 1.29 is 0 Å². The van der Waals surface area contributed by atoms with Crippen molar-refractivity contribution in [2.45, 2.75) is 43.9 Å². The van der Waals surface area contributed by atoms with Gasteiger partial charge in [-0.25, -0.2) is 4.68 Å². The quantitative estimate of drug-likeness (QED) is 0.522. The van der Waals surface area contributed by atoms with E-state index in [1.54, 1.807) is 11.8 Å². The van der Waals surface area contributed by atoms with Gasteiger partial charge in [-0.3, -0.25) is 0 Å². The normalized spacial score (nSPS) is 15.2. The molecular formula is C11H21N5S2. The lowest BCUT2D eigenvalue weighted by atomic mass is 10.6. The number of tetrazole rings is 1. The Morgan fingerprint density at radius 3 is 3.06 bits per heavy atom. The fourth-order valence-electron chi connectivity index (χ4n) is 1.57. The highest BCUT2D eigenvalue weighted by atomic mass is 32.2. The molecule has 2 rings (SSSR count). The predicted molar refractivity (Wildman–Crippen MR) is 77.2 cm³/mol. The Labute approximate surface area is 117 Å². The molecule has 102 valence electrons. The number of thioether (sulfide) groups is 2. The number of hydrogen-bond acceptors (Lipinski definition) is 6. The molecule has 0 bridgehead atoms. The lowest BCUT2D eigenvalue weighted by Crippen LogP contribution is -2.22. The van der Waals surface area contributed by atoms with E-state index < -0.39 is 0 Å². The van der Waals surface area contributed by atoms with E-state index in [2.05, 4.69) is 27.8 Å². The van der Waals surface area contributed by atoms with Crippen LogP contribution in [0.1, 0.15) is 26.2 Å². The molecule has 0 atom stereocenters. The van der Waals surface area contributed by atoms with Gasteiger partial charge in [0.2, 0.25) is 5.16 Å². The summed E-state index contributed by atoms with van der Waals surface area (Å²) in [6.45, 7) is 4.04. The maximum Gasteiger partial charge on any atom is 0.209 e. The van der Waals surface area contributed by atoms with Gasteiger partial charge < -0.3 is 5.32 Å². The Morgan fingerprint density at radius 1 is 1.39 bits per heavy atom. The Morgan fingerprint density at radius 2 is 2.28 bits per heavy atom. The number of nitrogens with zero attached hydrogens (tertiary/aromatic N) is 4. The summed E-state index contributed by atoms with van der Waals surface area (Å²) >= 11 is 3.76. The molecule has 1 aliphatic carbocycles. The van der Waals surface area contributed by atoms with Crippen molar-refractivity contribution in [3.05, 3.63) is 0 Å². The van der Waals surface area contributed by atoms with Crippen LogP contribution in [0.4, 0.5) is 0 Å². The molecule has 1 fully saturated rings. The van der Waals surface area contributed by atoms with Gasteiger partial charge in [-0.2, -0.15) is 11.8 Å². The molecule has 0 spiro atoms. The van der Waals surface area contributed by atoms with Crippen molar-refractivity contribution in [1.82, 2.24) is 25.5 Å². The van der Waals surface area contributed by atoms with Crippen LogP contribution in [0.2, 0.25) is 0 Å². The van der Waals surface area contributed by atoms with Gasteiger partial charge in [-0.1, -0.05) is 18.7 Å². The third kappa shape index (κ3) is 5.16. The number of hydrogen-bond donors (Lipinski definition) is 1. The Bertz CT molecular complexity index is 340. The third-order valence-electron chi connectivity index (χ3n) is 2.70. The first kappa shape index (κ1) is 14.1. The second-order valence-corrected chi connectivity index (χ2v) is 6.77. The van der Waals surface area contributed by atoms with Crippen LogP contribution in [0.25, 0.3) is 0 Å². The van der Waals surface area contributed by atoms with Crippen molar-refractivity contribution in [3.8, 4) is 0 Å². The summed E-state index contributed by atoms with van der Waals surface area (Å²) in [5.41, 5.74) is 0. The minimum absolute atomic E-state index is 0.753. The van der Waals surface area contributed by atoms with Crippen LogP contribution in [0.3, 0.4) is 0 Å². The van der Waals surface area contributed by atoms with Crippen LogP contribution in [0.5, 0.6) is 0 Å². The fraction of sp³-hybridized carbons (Fsp3) is 0.909. The predicted octanol–water partition coefficient (Wildman–Crippen LogP) is 1.66. The van der Waals surface area contributed by atoms with Crippen LogP contribution in [-0.2, 0) is 6.54 Å². The van der Waals surface area contributed by atoms with E-state index in [1.807, 2.05) is 16.4 Å². The van der Waals surface area contributed by atoms with Gasteiger partial charge in [0.25, 0.3) is 0 Å². The van der Waals surface area contributed by atoms with Crippen LogP contribution >= 0.6 is 23.5 Å². The summed E-state index contributed by atoms with van der Waals surface area (Å²) < 4.78 is 1.91. The van der Waals surface area contributed by atoms with Crippen molar-refractivity contribution in [3.63, 3.8) is 0 Å². The van der Waals surface area contributed by atoms with E-state index in [0.29, 0.717) is 0 Å². The van der Waals surface area contributed by atoms with Crippen LogP contribution in [0.15, 0.2) is 5.16 Å². The first-order valence-corrected chi connectivity index (χ1v) is 8.74. The largest absolute Gasteiger partial charge is 0.312 e.